The molecule has 140 valence electrons. The zero-order chi connectivity index (χ0) is 19.5. The molecule has 0 aromatic heterocycles. The zero-order valence-electron chi connectivity index (χ0n) is 15.8. The number of methoxy groups -OCH3 is 1. The Morgan fingerprint density at radius 2 is 1.71 bits per heavy atom. The average molecular weight is 372 g/mol. The molecule has 0 fully saturated rings. The average Bonchev–Trinajstić information content (AvgIpc) is 3.03. The maximum Gasteiger partial charge on any atom is 0.231 e. The first-order chi connectivity index (χ1) is 13.6. The van der Waals surface area contributed by atoms with Crippen molar-refractivity contribution in [1.82, 2.24) is 0 Å². The lowest BCUT2D eigenvalue weighted by Gasteiger charge is -2.08. The first kappa shape index (κ1) is 17.9. The van der Waals surface area contributed by atoms with Crippen molar-refractivity contribution in [2.24, 2.45) is 0 Å². The number of allylic oxidation sites excluding steroid dienone is 1. The molecular weight excluding hydrogens is 352 g/mol. The summed E-state index contributed by atoms with van der Waals surface area (Å²) in [5.41, 5.74) is 3.63. The molecule has 0 saturated heterocycles. The van der Waals surface area contributed by atoms with Crippen LogP contribution >= 0.6 is 0 Å². The maximum atomic E-state index is 12.6. The lowest BCUT2D eigenvalue weighted by Crippen LogP contribution is -1.98. The second-order valence-corrected chi connectivity index (χ2v) is 6.59. The van der Waals surface area contributed by atoms with E-state index in [1.807, 2.05) is 55.5 Å². The minimum Gasteiger partial charge on any atom is -0.497 e. The first-order valence-corrected chi connectivity index (χ1v) is 9.04. The summed E-state index contributed by atoms with van der Waals surface area (Å²) in [4.78, 5) is 12.6. The van der Waals surface area contributed by atoms with E-state index >= 15 is 0 Å². The fourth-order valence-electron chi connectivity index (χ4n) is 3.04. The molecule has 3 aromatic rings. The number of ether oxygens (including phenoxy) is 3. The monoisotopic (exact) mass is 372 g/mol. The van der Waals surface area contributed by atoms with Crippen LogP contribution in [-0.2, 0) is 6.61 Å². The number of Topliss-reactive ketones (excluding diaryl/α,β-unsaturated/α-hetero) is 1. The highest BCUT2D eigenvalue weighted by Gasteiger charge is 2.27. The fraction of sp³-hybridized carbons (Fsp3) is 0.125. The van der Waals surface area contributed by atoms with E-state index in [2.05, 4.69) is 0 Å². The Balaban J connectivity index is 1.49. The summed E-state index contributed by atoms with van der Waals surface area (Å²) in [6, 6.07) is 20.9. The molecule has 4 rings (SSSR count). The van der Waals surface area contributed by atoms with E-state index in [4.69, 9.17) is 14.2 Å². The third-order valence-electron chi connectivity index (χ3n) is 4.68. The van der Waals surface area contributed by atoms with Gasteiger partial charge in [0.1, 0.15) is 23.9 Å². The Morgan fingerprint density at radius 1 is 0.964 bits per heavy atom. The van der Waals surface area contributed by atoms with Crippen LogP contribution in [0.15, 0.2) is 72.5 Å². The summed E-state index contributed by atoms with van der Waals surface area (Å²) in [7, 11) is 1.64. The summed E-state index contributed by atoms with van der Waals surface area (Å²) < 4.78 is 16.8. The highest BCUT2D eigenvalue weighted by Crippen LogP contribution is 2.35. The summed E-state index contributed by atoms with van der Waals surface area (Å²) in [5, 5.41) is 0. The third-order valence-corrected chi connectivity index (χ3v) is 4.68. The molecule has 0 bridgehead atoms. The number of carbonyl (C=O) groups excluding carboxylic acids is 1. The molecule has 0 spiro atoms. The smallest absolute Gasteiger partial charge is 0.231 e. The van der Waals surface area contributed by atoms with Crippen LogP contribution in [0.2, 0.25) is 0 Å². The van der Waals surface area contributed by atoms with Crippen molar-refractivity contribution < 1.29 is 19.0 Å². The van der Waals surface area contributed by atoms with Gasteiger partial charge in [0.15, 0.2) is 5.76 Å². The summed E-state index contributed by atoms with van der Waals surface area (Å²) in [6.45, 7) is 2.42. The molecular formula is C24H20O4. The van der Waals surface area contributed by atoms with Gasteiger partial charge in [-0.3, -0.25) is 4.79 Å². The number of benzene rings is 3. The van der Waals surface area contributed by atoms with Crippen molar-refractivity contribution in [2.75, 3.05) is 7.11 Å². The molecule has 3 aromatic carbocycles. The highest BCUT2D eigenvalue weighted by atomic mass is 16.5. The molecule has 1 aliphatic rings. The van der Waals surface area contributed by atoms with Crippen molar-refractivity contribution in [3.8, 4) is 17.2 Å². The molecule has 28 heavy (non-hydrogen) atoms. The van der Waals surface area contributed by atoms with E-state index in [-0.39, 0.29) is 5.78 Å². The van der Waals surface area contributed by atoms with Crippen LogP contribution in [0.25, 0.3) is 6.08 Å². The molecule has 0 aliphatic carbocycles. The number of hydrogen-bond acceptors (Lipinski definition) is 4. The minimum absolute atomic E-state index is 0.111. The number of hydrogen-bond donors (Lipinski definition) is 0. The van der Waals surface area contributed by atoms with Gasteiger partial charge in [-0.05, 0) is 54.0 Å². The fourth-order valence-corrected chi connectivity index (χ4v) is 3.04. The molecule has 0 unspecified atom stereocenters. The van der Waals surface area contributed by atoms with E-state index in [0.29, 0.717) is 29.4 Å². The minimum atomic E-state index is -0.111. The molecule has 0 atom stereocenters. The Labute approximate surface area is 164 Å². The Kier molecular flexibility index (Phi) is 4.85. The van der Waals surface area contributed by atoms with Crippen molar-refractivity contribution in [3.63, 3.8) is 0 Å². The molecule has 1 aliphatic heterocycles. The van der Waals surface area contributed by atoms with Crippen molar-refractivity contribution in [1.29, 1.82) is 0 Å². The van der Waals surface area contributed by atoms with E-state index in [1.165, 1.54) is 0 Å². The van der Waals surface area contributed by atoms with E-state index < -0.39 is 0 Å². The Bertz CT molecular complexity index is 1050. The number of aryl methyl sites for hydroxylation is 1. The van der Waals surface area contributed by atoms with Crippen LogP contribution in [0, 0.1) is 6.92 Å². The van der Waals surface area contributed by atoms with Crippen molar-refractivity contribution >= 4 is 11.9 Å². The molecule has 4 nitrogen and oxygen atoms in total. The second-order valence-electron chi connectivity index (χ2n) is 6.59. The lowest BCUT2D eigenvalue weighted by atomic mass is 10.1. The molecule has 0 saturated carbocycles. The van der Waals surface area contributed by atoms with E-state index in [9.17, 15) is 4.79 Å². The molecule has 4 heteroatoms. The SMILES string of the molecule is COc1ccc(COc2ccc3c(c2)O/C(=C\c2ccccc2C)C3=O)cc1. The van der Waals surface area contributed by atoms with E-state index in [1.54, 1.807) is 31.4 Å². The molecule has 0 N–H and O–H groups in total. The van der Waals surface area contributed by atoms with Gasteiger partial charge in [-0.25, -0.2) is 0 Å². The van der Waals surface area contributed by atoms with Gasteiger partial charge in [0.2, 0.25) is 5.78 Å². The van der Waals surface area contributed by atoms with Gasteiger partial charge in [0.05, 0.1) is 12.7 Å². The summed E-state index contributed by atoms with van der Waals surface area (Å²) in [5.74, 6) is 2.20. The van der Waals surface area contributed by atoms with Crippen molar-refractivity contribution in [2.45, 2.75) is 13.5 Å². The predicted molar refractivity (Wildman–Crippen MR) is 108 cm³/mol. The third kappa shape index (κ3) is 3.62. The summed E-state index contributed by atoms with van der Waals surface area (Å²) >= 11 is 0. The predicted octanol–water partition coefficient (Wildman–Crippen LogP) is 5.20. The summed E-state index contributed by atoms with van der Waals surface area (Å²) in [6.07, 6.45) is 1.79. The van der Waals surface area contributed by atoms with E-state index in [0.717, 1.165) is 22.4 Å². The van der Waals surface area contributed by atoms with Gasteiger partial charge in [0, 0.05) is 6.07 Å². The number of rotatable bonds is 5. The van der Waals surface area contributed by atoms with Crippen LogP contribution in [-0.4, -0.2) is 12.9 Å². The second kappa shape index (κ2) is 7.61. The van der Waals surface area contributed by atoms with Gasteiger partial charge in [0.25, 0.3) is 0 Å². The standard InChI is InChI=1S/C24H20O4/c1-16-5-3-4-6-18(16)13-23-24(25)21-12-11-20(14-22(21)28-23)27-15-17-7-9-19(26-2)10-8-17/h3-14H,15H2,1-2H3/b23-13-. The van der Waals surface area contributed by atoms with Crippen molar-refractivity contribution in [3.05, 3.63) is 94.7 Å². The zero-order valence-corrected chi connectivity index (χ0v) is 15.8. The van der Waals surface area contributed by atoms with Gasteiger partial charge >= 0.3 is 0 Å². The number of ketones is 1. The van der Waals surface area contributed by atoms with Gasteiger partial charge < -0.3 is 14.2 Å². The van der Waals surface area contributed by atoms with Gasteiger partial charge in [-0.2, -0.15) is 0 Å². The molecule has 1 heterocycles. The van der Waals surface area contributed by atoms with Crippen LogP contribution in [0.1, 0.15) is 27.0 Å². The Morgan fingerprint density at radius 3 is 2.46 bits per heavy atom. The molecule has 0 amide bonds. The maximum absolute atomic E-state index is 12.6. The van der Waals surface area contributed by atoms with Gasteiger partial charge in [-0.1, -0.05) is 36.4 Å². The number of carbonyl (C=O) groups is 1. The number of fused-ring (bicyclic) bond motifs is 1. The molecule has 0 radical (unpaired) electrons. The van der Waals surface area contributed by atoms with Crippen LogP contribution in [0.4, 0.5) is 0 Å². The topological polar surface area (TPSA) is 44.8 Å². The van der Waals surface area contributed by atoms with Crippen LogP contribution < -0.4 is 14.2 Å². The highest BCUT2D eigenvalue weighted by molar-refractivity contribution is 6.14. The first-order valence-electron chi connectivity index (χ1n) is 9.04. The Hall–Kier alpha value is -3.53. The van der Waals surface area contributed by atoms with Crippen LogP contribution in [0.5, 0.6) is 17.2 Å². The quantitative estimate of drug-likeness (QED) is 0.578. The lowest BCUT2D eigenvalue weighted by molar-refractivity contribution is 0.101. The largest absolute Gasteiger partial charge is 0.497 e. The normalized spacial score (nSPS) is 13.9. The van der Waals surface area contributed by atoms with Crippen LogP contribution in [0.3, 0.4) is 0 Å². The van der Waals surface area contributed by atoms with Gasteiger partial charge in [-0.15, -0.1) is 0 Å².